The summed E-state index contributed by atoms with van der Waals surface area (Å²) in [6.45, 7) is 12.3. The molecular weight excluding hydrogens is 429 g/mol. The van der Waals surface area contributed by atoms with Gasteiger partial charge in [-0.25, -0.2) is 4.99 Å². The highest BCUT2D eigenvalue weighted by Gasteiger charge is 2.17. The van der Waals surface area contributed by atoms with Crippen molar-refractivity contribution in [3.8, 4) is 5.75 Å². The van der Waals surface area contributed by atoms with Crippen molar-refractivity contribution in [3.63, 3.8) is 0 Å². The Bertz CT molecular complexity index is 558. The second-order valence-corrected chi connectivity index (χ2v) is 6.02. The van der Waals surface area contributed by atoms with E-state index in [1.54, 1.807) is 0 Å². The van der Waals surface area contributed by atoms with Gasteiger partial charge >= 0.3 is 0 Å². The summed E-state index contributed by atoms with van der Waals surface area (Å²) in [4.78, 5) is 4.63. The normalized spacial score (nSPS) is 16.9. The molecule has 1 atom stereocenters. The van der Waals surface area contributed by atoms with Gasteiger partial charge in [0.15, 0.2) is 5.96 Å². The first-order chi connectivity index (χ1) is 11.7. The Morgan fingerprint density at radius 1 is 1.44 bits per heavy atom. The van der Waals surface area contributed by atoms with E-state index in [0.29, 0.717) is 25.6 Å². The number of rotatable bonds is 8. The zero-order valence-corrected chi connectivity index (χ0v) is 17.5. The number of halogens is 1. The van der Waals surface area contributed by atoms with Crippen LogP contribution in [-0.2, 0) is 11.3 Å². The molecule has 1 saturated heterocycles. The van der Waals surface area contributed by atoms with Crippen LogP contribution in [0.3, 0.4) is 0 Å². The largest absolute Gasteiger partial charge is 0.493 e. The van der Waals surface area contributed by atoms with Crippen molar-refractivity contribution in [1.82, 2.24) is 10.6 Å². The molecule has 1 fully saturated rings. The summed E-state index contributed by atoms with van der Waals surface area (Å²) in [5, 5.41) is 6.44. The Morgan fingerprint density at radius 3 is 2.96 bits per heavy atom. The van der Waals surface area contributed by atoms with Gasteiger partial charge in [-0.15, -0.1) is 30.6 Å². The van der Waals surface area contributed by atoms with Crippen LogP contribution < -0.4 is 15.4 Å². The topological polar surface area (TPSA) is 54.9 Å². The number of nitrogens with one attached hydrogen (secondary N) is 2. The number of aryl methyl sites for hydroxylation is 1. The van der Waals surface area contributed by atoms with Crippen LogP contribution in [0.15, 0.2) is 35.8 Å². The van der Waals surface area contributed by atoms with Gasteiger partial charge in [0.1, 0.15) is 5.75 Å². The Hall–Kier alpha value is -1.28. The zero-order chi connectivity index (χ0) is 17.2. The van der Waals surface area contributed by atoms with Gasteiger partial charge in [0.2, 0.25) is 0 Å². The molecule has 5 nitrogen and oxygen atoms in total. The molecule has 2 N–H and O–H groups in total. The summed E-state index contributed by atoms with van der Waals surface area (Å²) >= 11 is 0. The van der Waals surface area contributed by atoms with E-state index in [1.165, 1.54) is 5.56 Å². The molecule has 0 radical (unpaired) electrons. The van der Waals surface area contributed by atoms with Crippen LogP contribution >= 0.6 is 24.0 Å². The maximum Gasteiger partial charge on any atom is 0.191 e. The molecule has 6 heteroatoms. The van der Waals surface area contributed by atoms with Gasteiger partial charge < -0.3 is 20.1 Å². The van der Waals surface area contributed by atoms with Crippen LogP contribution in [-0.4, -0.2) is 38.9 Å². The van der Waals surface area contributed by atoms with Gasteiger partial charge in [-0.05, 0) is 31.9 Å². The van der Waals surface area contributed by atoms with E-state index in [0.717, 1.165) is 43.5 Å². The molecule has 1 unspecified atom stereocenters. The number of aliphatic imine (C=N–C) groups is 1. The standard InChI is InChI=1S/C19H29N3O2.HI/c1-4-9-21-19(20-5-2)22-12-17-7-6-15(3)11-18(17)24-14-16-8-10-23-13-16;/h4,6-7,11,16H,1,5,8-10,12-14H2,2-3H3,(H2,20,21,22);1H. The summed E-state index contributed by atoms with van der Waals surface area (Å²) in [7, 11) is 0. The van der Waals surface area contributed by atoms with Gasteiger partial charge in [0.05, 0.1) is 19.8 Å². The maximum absolute atomic E-state index is 6.07. The second kappa shape index (κ2) is 12.1. The first kappa shape index (κ1) is 21.8. The molecule has 0 spiro atoms. The summed E-state index contributed by atoms with van der Waals surface area (Å²) in [5.41, 5.74) is 2.28. The maximum atomic E-state index is 6.07. The van der Waals surface area contributed by atoms with Gasteiger partial charge in [-0.3, -0.25) is 0 Å². The van der Waals surface area contributed by atoms with Crippen molar-refractivity contribution in [2.45, 2.75) is 26.8 Å². The lowest BCUT2D eigenvalue weighted by Gasteiger charge is -2.15. The molecule has 1 aromatic rings. The molecule has 25 heavy (non-hydrogen) atoms. The van der Waals surface area contributed by atoms with E-state index in [2.05, 4.69) is 54.3 Å². The van der Waals surface area contributed by atoms with Crippen LogP contribution in [0.4, 0.5) is 0 Å². The minimum absolute atomic E-state index is 0. The van der Waals surface area contributed by atoms with Crippen LogP contribution in [0.5, 0.6) is 5.75 Å². The third-order valence-electron chi connectivity index (χ3n) is 3.89. The minimum atomic E-state index is 0. The number of benzene rings is 1. The average molecular weight is 459 g/mol. The Kier molecular flexibility index (Phi) is 10.6. The average Bonchev–Trinajstić information content (AvgIpc) is 3.10. The molecule has 1 aliphatic rings. The number of nitrogens with zero attached hydrogens (tertiary/aromatic N) is 1. The van der Waals surface area contributed by atoms with Crippen LogP contribution in [0, 0.1) is 12.8 Å². The van der Waals surface area contributed by atoms with Crippen molar-refractivity contribution >= 4 is 29.9 Å². The fraction of sp³-hybridized carbons (Fsp3) is 0.526. The molecule has 1 heterocycles. The van der Waals surface area contributed by atoms with E-state index in [4.69, 9.17) is 9.47 Å². The molecule has 0 amide bonds. The Labute approximate surface area is 168 Å². The van der Waals surface area contributed by atoms with E-state index in [9.17, 15) is 0 Å². The predicted molar refractivity (Wildman–Crippen MR) is 114 cm³/mol. The molecule has 0 bridgehead atoms. The van der Waals surface area contributed by atoms with Crippen molar-refractivity contribution < 1.29 is 9.47 Å². The molecule has 0 saturated carbocycles. The van der Waals surface area contributed by atoms with Crippen molar-refractivity contribution in [1.29, 1.82) is 0 Å². The summed E-state index contributed by atoms with van der Waals surface area (Å²) < 4.78 is 11.5. The van der Waals surface area contributed by atoms with Gasteiger partial charge in [-0.2, -0.15) is 0 Å². The van der Waals surface area contributed by atoms with Gasteiger partial charge in [0, 0.05) is 31.2 Å². The molecule has 2 rings (SSSR count). The molecule has 1 aliphatic heterocycles. The fourth-order valence-electron chi connectivity index (χ4n) is 2.52. The lowest BCUT2D eigenvalue weighted by molar-refractivity contribution is 0.166. The highest BCUT2D eigenvalue weighted by molar-refractivity contribution is 14.0. The first-order valence-corrected chi connectivity index (χ1v) is 8.66. The van der Waals surface area contributed by atoms with E-state index < -0.39 is 0 Å². The SMILES string of the molecule is C=CCNC(=NCc1ccc(C)cc1OCC1CCOC1)NCC.I. The lowest BCUT2D eigenvalue weighted by atomic mass is 10.1. The Balaban J connectivity index is 0.00000312. The number of hydrogen-bond donors (Lipinski definition) is 2. The minimum Gasteiger partial charge on any atom is -0.493 e. The van der Waals surface area contributed by atoms with Crippen molar-refractivity contribution in [3.05, 3.63) is 42.0 Å². The summed E-state index contributed by atoms with van der Waals surface area (Å²) in [6, 6.07) is 6.28. The monoisotopic (exact) mass is 459 g/mol. The van der Waals surface area contributed by atoms with E-state index in [1.807, 2.05) is 6.08 Å². The lowest BCUT2D eigenvalue weighted by Crippen LogP contribution is -2.37. The molecule has 140 valence electrons. The van der Waals surface area contributed by atoms with Crippen LogP contribution in [0.2, 0.25) is 0 Å². The highest BCUT2D eigenvalue weighted by atomic mass is 127. The van der Waals surface area contributed by atoms with E-state index >= 15 is 0 Å². The van der Waals surface area contributed by atoms with E-state index in [-0.39, 0.29) is 24.0 Å². The number of hydrogen-bond acceptors (Lipinski definition) is 3. The Morgan fingerprint density at radius 2 is 2.28 bits per heavy atom. The molecule has 1 aromatic carbocycles. The van der Waals surface area contributed by atoms with Crippen molar-refractivity contribution in [2.75, 3.05) is 32.9 Å². The second-order valence-electron chi connectivity index (χ2n) is 6.02. The third kappa shape index (κ3) is 7.64. The quantitative estimate of drug-likeness (QED) is 0.271. The smallest absolute Gasteiger partial charge is 0.191 e. The van der Waals surface area contributed by atoms with Crippen LogP contribution in [0.1, 0.15) is 24.5 Å². The first-order valence-electron chi connectivity index (χ1n) is 8.66. The molecular formula is C19H30IN3O2. The summed E-state index contributed by atoms with van der Waals surface area (Å²) in [6.07, 6.45) is 2.90. The predicted octanol–water partition coefficient (Wildman–Crippen LogP) is 3.27. The van der Waals surface area contributed by atoms with Gasteiger partial charge in [-0.1, -0.05) is 18.2 Å². The third-order valence-corrected chi connectivity index (χ3v) is 3.89. The summed E-state index contributed by atoms with van der Waals surface area (Å²) in [5.74, 6) is 2.20. The van der Waals surface area contributed by atoms with Crippen LogP contribution in [0.25, 0.3) is 0 Å². The molecule has 0 aromatic heterocycles. The highest BCUT2D eigenvalue weighted by Crippen LogP contribution is 2.23. The number of guanidine groups is 1. The molecule has 0 aliphatic carbocycles. The van der Waals surface area contributed by atoms with Gasteiger partial charge in [0.25, 0.3) is 0 Å². The number of ether oxygens (including phenoxy) is 2. The fourth-order valence-corrected chi connectivity index (χ4v) is 2.52. The van der Waals surface area contributed by atoms with Crippen molar-refractivity contribution in [2.24, 2.45) is 10.9 Å². The zero-order valence-electron chi connectivity index (χ0n) is 15.2.